The summed E-state index contributed by atoms with van der Waals surface area (Å²) in [6, 6.07) is 11.2. The number of morpholine rings is 1. The summed E-state index contributed by atoms with van der Waals surface area (Å²) in [5, 5.41) is 7.14. The molecule has 30 heavy (non-hydrogen) atoms. The lowest BCUT2D eigenvalue weighted by atomic mass is 10.0. The normalized spacial score (nSPS) is 22.2. The van der Waals surface area contributed by atoms with Gasteiger partial charge in [0.1, 0.15) is 0 Å². The van der Waals surface area contributed by atoms with Crippen molar-refractivity contribution < 1.29 is 4.74 Å². The molecule has 0 aliphatic carbocycles. The van der Waals surface area contributed by atoms with E-state index < -0.39 is 0 Å². The fraction of sp³-hybridized carbons (Fsp3) is 0.696. The maximum Gasteiger partial charge on any atom is 0.191 e. The first-order valence-electron chi connectivity index (χ1n) is 11.3. The molecule has 0 bridgehead atoms. The van der Waals surface area contributed by atoms with Crippen molar-refractivity contribution >= 4 is 29.9 Å². The summed E-state index contributed by atoms with van der Waals surface area (Å²) in [4.78, 5) is 9.95. The number of halogens is 1. The van der Waals surface area contributed by atoms with Gasteiger partial charge in [0.25, 0.3) is 0 Å². The fourth-order valence-electron chi connectivity index (χ4n) is 4.20. The molecule has 2 fully saturated rings. The van der Waals surface area contributed by atoms with E-state index in [4.69, 9.17) is 9.73 Å². The zero-order valence-corrected chi connectivity index (χ0v) is 21.0. The van der Waals surface area contributed by atoms with Crippen LogP contribution in [0.1, 0.15) is 32.3 Å². The molecule has 0 spiro atoms. The fourth-order valence-corrected chi connectivity index (χ4v) is 4.20. The van der Waals surface area contributed by atoms with Crippen molar-refractivity contribution in [3.05, 3.63) is 35.9 Å². The molecule has 2 unspecified atom stereocenters. The SMILES string of the molecule is CCNC(=NCC(C)CN1CCOCC1)NC1CCCN(Cc2ccccc2)C1.I. The van der Waals surface area contributed by atoms with Gasteiger partial charge in [0.15, 0.2) is 5.96 Å². The Morgan fingerprint density at radius 3 is 2.67 bits per heavy atom. The van der Waals surface area contributed by atoms with Crippen LogP contribution < -0.4 is 10.6 Å². The van der Waals surface area contributed by atoms with E-state index in [2.05, 4.69) is 64.6 Å². The van der Waals surface area contributed by atoms with Gasteiger partial charge in [-0.05, 0) is 37.8 Å². The number of hydrogen-bond acceptors (Lipinski definition) is 4. The second-order valence-electron chi connectivity index (χ2n) is 8.44. The summed E-state index contributed by atoms with van der Waals surface area (Å²) in [6.07, 6.45) is 2.44. The van der Waals surface area contributed by atoms with Crippen LogP contribution in [0.25, 0.3) is 0 Å². The van der Waals surface area contributed by atoms with Crippen molar-refractivity contribution in [1.82, 2.24) is 20.4 Å². The van der Waals surface area contributed by atoms with Crippen molar-refractivity contribution in [2.75, 3.05) is 59.0 Å². The average molecular weight is 530 g/mol. The van der Waals surface area contributed by atoms with Crippen molar-refractivity contribution in [2.45, 2.75) is 39.3 Å². The molecule has 0 radical (unpaired) electrons. The molecule has 6 nitrogen and oxygen atoms in total. The molecule has 2 aliphatic heterocycles. The van der Waals surface area contributed by atoms with Crippen LogP contribution in [0.2, 0.25) is 0 Å². The summed E-state index contributed by atoms with van der Waals surface area (Å²) >= 11 is 0. The summed E-state index contributed by atoms with van der Waals surface area (Å²) in [5.74, 6) is 1.51. The van der Waals surface area contributed by atoms with E-state index >= 15 is 0 Å². The van der Waals surface area contributed by atoms with Gasteiger partial charge in [-0.25, -0.2) is 0 Å². The van der Waals surface area contributed by atoms with Crippen LogP contribution in [0.4, 0.5) is 0 Å². The lowest BCUT2D eigenvalue weighted by Gasteiger charge is -2.34. The van der Waals surface area contributed by atoms with Gasteiger partial charge in [-0.3, -0.25) is 14.8 Å². The lowest BCUT2D eigenvalue weighted by molar-refractivity contribution is 0.0323. The first-order chi connectivity index (χ1) is 14.2. The Morgan fingerprint density at radius 2 is 1.93 bits per heavy atom. The third kappa shape index (κ3) is 9.08. The highest BCUT2D eigenvalue weighted by molar-refractivity contribution is 14.0. The van der Waals surface area contributed by atoms with Crippen molar-refractivity contribution in [3.8, 4) is 0 Å². The van der Waals surface area contributed by atoms with Crippen LogP contribution in [0.3, 0.4) is 0 Å². The van der Waals surface area contributed by atoms with Crippen LogP contribution in [0.15, 0.2) is 35.3 Å². The Morgan fingerprint density at radius 1 is 1.17 bits per heavy atom. The first kappa shape index (κ1) is 25.4. The Balaban J connectivity index is 0.00000320. The van der Waals surface area contributed by atoms with E-state index in [-0.39, 0.29) is 24.0 Å². The molecule has 0 amide bonds. The summed E-state index contributed by atoms with van der Waals surface area (Å²) in [6.45, 7) is 14.4. The molecule has 0 saturated carbocycles. The van der Waals surface area contributed by atoms with E-state index in [9.17, 15) is 0 Å². The topological polar surface area (TPSA) is 52.1 Å². The number of rotatable bonds is 8. The number of hydrogen-bond donors (Lipinski definition) is 2. The summed E-state index contributed by atoms with van der Waals surface area (Å²) < 4.78 is 5.45. The minimum absolute atomic E-state index is 0. The van der Waals surface area contributed by atoms with E-state index in [1.165, 1.54) is 24.9 Å². The summed E-state index contributed by atoms with van der Waals surface area (Å²) in [5.41, 5.74) is 1.39. The molecule has 2 N–H and O–H groups in total. The van der Waals surface area contributed by atoms with Crippen LogP contribution in [0, 0.1) is 5.92 Å². The highest BCUT2D eigenvalue weighted by Crippen LogP contribution is 2.14. The highest BCUT2D eigenvalue weighted by Gasteiger charge is 2.21. The predicted octanol–water partition coefficient (Wildman–Crippen LogP) is 2.79. The maximum absolute atomic E-state index is 5.45. The van der Waals surface area contributed by atoms with Gasteiger partial charge in [0, 0.05) is 51.9 Å². The van der Waals surface area contributed by atoms with Gasteiger partial charge in [-0.15, -0.1) is 24.0 Å². The maximum atomic E-state index is 5.45. The number of aliphatic imine (C=N–C) groups is 1. The largest absolute Gasteiger partial charge is 0.379 e. The third-order valence-corrected chi connectivity index (χ3v) is 5.67. The van der Waals surface area contributed by atoms with Gasteiger partial charge in [-0.2, -0.15) is 0 Å². The smallest absolute Gasteiger partial charge is 0.191 e. The lowest BCUT2D eigenvalue weighted by Crippen LogP contribution is -2.51. The Hall–Kier alpha value is -0.900. The van der Waals surface area contributed by atoms with E-state index in [1.807, 2.05) is 0 Å². The monoisotopic (exact) mass is 529 g/mol. The summed E-state index contributed by atoms with van der Waals surface area (Å²) in [7, 11) is 0. The van der Waals surface area contributed by atoms with Gasteiger partial charge in [0.2, 0.25) is 0 Å². The van der Waals surface area contributed by atoms with E-state index in [1.54, 1.807) is 0 Å². The minimum Gasteiger partial charge on any atom is -0.379 e. The van der Waals surface area contributed by atoms with E-state index in [0.29, 0.717) is 12.0 Å². The molecule has 2 aliphatic rings. The van der Waals surface area contributed by atoms with Crippen LogP contribution in [-0.2, 0) is 11.3 Å². The predicted molar refractivity (Wildman–Crippen MR) is 136 cm³/mol. The number of likely N-dealkylation sites (tertiary alicyclic amines) is 1. The number of ether oxygens (including phenoxy) is 1. The highest BCUT2D eigenvalue weighted by atomic mass is 127. The standard InChI is InChI=1S/C23H39N5O.HI/c1-3-24-23(25-16-20(2)17-27-12-14-29-15-13-27)26-22-10-7-11-28(19-22)18-21-8-5-4-6-9-21;/h4-6,8-9,20,22H,3,7,10-19H2,1-2H3,(H2,24,25,26);1H. The van der Waals surface area contributed by atoms with E-state index in [0.717, 1.165) is 65.0 Å². The van der Waals surface area contributed by atoms with Gasteiger partial charge in [-0.1, -0.05) is 37.3 Å². The number of piperidine rings is 1. The zero-order valence-electron chi connectivity index (χ0n) is 18.7. The molecular formula is C23H40IN5O. The second-order valence-corrected chi connectivity index (χ2v) is 8.44. The van der Waals surface area contributed by atoms with Crippen LogP contribution in [0.5, 0.6) is 0 Å². The molecule has 3 rings (SSSR count). The number of nitrogens with one attached hydrogen (secondary N) is 2. The molecule has 1 aromatic rings. The molecule has 2 heterocycles. The minimum atomic E-state index is 0. The molecular weight excluding hydrogens is 489 g/mol. The number of guanidine groups is 1. The van der Waals surface area contributed by atoms with Crippen molar-refractivity contribution in [3.63, 3.8) is 0 Å². The van der Waals surface area contributed by atoms with Crippen molar-refractivity contribution in [1.29, 1.82) is 0 Å². The molecule has 7 heteroatoms. The van der Waals surface area contributed by atoms with Crippen LogP contribution >= 0.6 is 24.0 Å². The number of benzene rings is 1. The molecule has 1 aromatic carbocycles. The molecule has 0 aromatic heterocycles. The van der Waals surface area contributed by atoms with Gasteiger partial charge in [0.05, 0.1) is 13.2 Å². The molecule has 2 saturated heterocycles. The second kappa shape index (κ2) is 14.2. The molecule has 170 valence electrons. The Kier molecular flexibility index (Phi) is 12.0. The van der Waals surface area contributed by atoms with Crippen molar-refractivity contribution in [2.24, 2.45) is 10.9 Å². The Bertz CT molecular complexity index is 609. The Labute approximate surface area is 199 Å². The first-order valence-corrected chi connectivity index (χ1v) is 11.3. The van der Waals surface area contributed by atoms with Gasteiger partial charge >= 0.3 is 0 Å². The quantitative estimate of drug-likeness (QED) is 0.308. The van der Waals surface area contributed by atoms with Crippen LogP contribution in [-0.4, -0.2) is 80.8 Å². The number of nitrogens with zero attached hydrogens (tertiary/aromatic N) is 3. The third-order valence-electron chi connectivity index (χ3n) is 5.67. The zero-order chi connectivity index (χ0) is 20.3. The van der Waals surface area contributed by atoms with Gasteiger partial charge < -0.3 is 15.4 Å². The molecule has 2 atom stereocenters. The average Bonchev–Trinajstić information content (AvgIpc) is 2.74.